The maximum atomic E-state index is 10.3. The maximum absolute atomic E-state index is 10.3. The molecule has 1 N–H and O–H groups in total. The van der Waals surface area contributed by atoms with Gasteiger partial charge in [0, 0.05) is 19.1 Å². The van der Waals surface area contributed by atoms with Crippen LogP contribution >= 0.6 is 0 Å². The zero-order valence-electron chi connectivity index (χ0n) is 14.4. The summed E-state index contributed by atoms with van der Waals surface area (Å²) in [5, 5.41) is 10.3. The monoisotopic (exact) mass is 319 g/mol. The molecule has 1 heterocycles. The predicted octanol–water partition coefficient (Wildman–Crippen LogP) is 3.15. The van der Waals surface area contributed by atoms with Gasteiger partial charge in [-0.2, -0.15) is 0 Å². The summed E-state index contributed by atoms with van der Waals surface area (Å²) in [5.74, 6) is 1.71. The number of ether oxygens (including phenoxy) is 2. The Bertz CT molecular complexity index is 532. The fourth-order valence-electron chi connectivity index (χ4n) is 3.92. The van der Waals surface area contributed by atoms with Crippen molar-refractivity contribution in [3.63, 3.8) is 0 Å². The number of hydrogen-bond acceptors (Lipinski definition) is 4. The van der Waals surface area contributed by atoms with Gasteiger partial charge in [-0.3, -0.25) is 4.90 Å². The quantitative estimate of drug-likeness (QED) is 0.905. The van der Waals surface area contributed by atoms with Crippen LogP contribution in [0.25, 0.3) is 0 Å². The highest BCUT2D eigenvalue weighted by Crippen LogP contribution is 2.35. The van der Waals surface area contributed by atoms with E-state index in [1.165, 1.54) is 17.5 Å². The van der Waals surface area contributed by atoms with Crippen LogP contribution in [0.5, 0.6) is 11.5 Å². The first-order valence-corrected chi connectivity index (χ1v) is 9.06. The number of hydrogen-bond donors (Lipinski definition) is 1. The Labute approximate surface area is 139 Å². The molecular formula is C19H29NO3. The van der Waals surface area contributed by atoms with Crippen molar-refractivity contribution >= 4 is 0 Å². The van der Waals surface area contributed by atoms with E-state index in [4.69, 9.17) is 9.47 Å². The molecule has 1 aromatic carbocycles. The molecule has 2 atom stereocenters. The Morgan fingerprint density at radius 3 is 2.35 bits per heavy atom. The van der Waals surface area contributed by atoms with Crippen molar-refractivity contribution < 1.29 is 14.6 Å². The van der Waals surface area contributed by atoms with E-state index >= 15 is 0 Å². The van der Waals surface area contributed by atoms with Gasteiger partial charge in [0.25, 0.3) is 0 Å². The first kappa shape index (κ1) is 16.6. The van der Waals surface area contributed by atoms with Gasteiger partial charge in [0.15, 0.2) is 11.5 Å². The molecule has 2 unspecified atom stereocenters. The van der Waals surface area contributed by atoms with Crippen LogP contribution < -0.4 is 9.47 Å². The van der Waals surface area contributed by atoms with Crippen LogP contribution in [0.15, 0.2) is 12.1 Å². The van der Waals surface area contributed by atoms with Crippen LogP contribution in [0.2, 0.25) is 0 Å². The van der Waals surface area contributed by atoms with Crippen LogP contribution in [0, 0.1) is 0 Å². The Balaban J connectivity index is 1.80. The molecular weight excluding hydrogens is 290 g/mol. The molecule has 0 spiro atoms. The summed E-state index contributed by atoms with van der Waals surface area (Å²) in [6.45, 7) is 7.22. The van der Waals surface area contributed by atoms with Crippen LogP contribution in [0.3, 0.4) is 0 Å². The fraction of sp³-hybridized carbons (Fsp3) is 0.684. The number of rotatable bonds is 5. The van der Waals surface area contributed by atoms with Crippen molar-refractivity contribution in [2.75, 3.05) is 19.8 Å². The number of aliphatic hydroxyl groups excluding tert-OH is 1. The number of fused-ring (bicyclic) bond motifs is 1. The summed E-state index contributed by atoms with van der Waals surface area (Å²) in [6, 6.07) is 4.61. The van der Waals surface area contributed by atoms with Crippen LogP contribution in [-0.4, -0.2) is 41.9 Å². The molecule has 1 aliphatic heterocycles. The molecule has 1 aliphatic carbocycles. The minimum Gasteiger partial charge on any atom is -0.490 e. The number of nitrogens with zero attached hydrogens (tertiary/aromatic N) is 1. The standard InChI is InChI=1S/C19H29NO3/c1-3-22-18-11-14-9-10-20(16-7-5-6-8-17(16)21)13-15(14)12-19(18)23-4-2/h11-12,16-17,21H,3-10,13H2,1-2H3. The highest BCUT2D eigenvalue weighted by Gasteiger charge is 2.31. The number of benzene rings is 1. The van der Waals surface area contributed by atoms with Gasteiger partial charge in [-0.05, 0) is 56.4 Å². The van der Waals surface area contributed by atoms with E-state index in [-0.39, 0.29) is 6.10 Å². The van der Waals surface area contributed by atoms with Crippen LogP contribution in [-0.2, 0) is 13.0 Å². The third-order valence-electron chi connectivity index (χ3n) is 5.07. The first-order valence-electron chi connectivity index (χ1n) is 9.06. The van der Waals surface area contributed by atoms with Crippen molar-refractivity contribution in [1.29, 1.82) is 0 Å². The van der Waals surface area contributed by atoms with E-state index in [1.807, 2.05) is 13.8 Å². The van der Waals surface area contributed by atoms with Gasteiger partial charge in [-0.25, -0.2) is 0 Å². The molecule has 1 fully saturated rings. The molecule has 4 nitrogen and oxygen atoms in total. The molecule has 4 heteroatoms. The van der Waals surface area contributed by atoms with Crippen molar-refractivity contribution in [3.8, 4) is 11.5 Å². The van der Waals surface area contributed by atoms with E-state index in [9.17, 15) is 5.11 Å². The van der Waals surface area contributed by atoms with Gasteiger partial charge in [-0.15, -0.1) is 0 Å². The second kappa shape index (κ2) is 7.54. The summed E-state index contributed by atoms with van der Waals surface area (Å²) in [7, 11) is 0. The molecule has 23 heavy (non-hydrogen) atoms. The van der Waals surface area contributed by atoms with E-state index in [1.54, 1.807) is 0 Å². The molecule has 1 aromatic rings. The van der Waals surface area contributed by atoms with Gasteiger partial charge in [0.1, 0.15) is 0 Å². The van der Waals surface area contributed by atoms with Crippen molar-refractivity contribution in [2.45, 2.75) is 64.6 Å². The van der Waals surface area contributed by atoms with E-state index in [2.05, 4.69) is 17.0 Å². The molecule has 2 aliphatic rings. The predicted molar refractivity (Wildman–Crippen MR) is 91.2 cm³/mol. The summed E-state index contributed by atoms with van der Waals surface area (Å²) >= 11 is 0. The Kier molecular flexibility index (Phi) is 5.44. The number of aliphatic hydroxyl groups is 1. The smallest absolute Gasteiger partial charge is 0.161 e. The lowest BCUT2D eigenvalue weighted by atomic mass is 9.89. The fourth-order valence-corrected chi connectivity index (χ4v) is 3.92. The van der Waals surface area contributed by atoms with E-state index in [0.717, 1.165) is 50.3 Å². The zero-order chi connectivity index (χ0) is 16.2. The minimum absolute atomic E-state index is 0.167. The van der Waals surface area contributed by atoms with Crippen LogP contribution in [0.1, 0.15) is 50.7 Å². The molecule has 1 saturated carbocycles. The average Bonchev–Trinajstić information content (AvgIpc) is 2.56. The molecule has 0 saturated heterocycles. The Morgan fingerprint density at radius 2 is 1.70 bits per heavy atom. The third kappa shape index (κ3) is 3.64. The van der Waals surface area contributed by atoms with Gasteiger partial charge in [0.2, 0.25) is 0 Å². The lowest BCUT2D eigenvalue weighted by molar-refractivity contribution is 0.0131. The molecule has 0 amide bonds. The lowest BCUT2D eigenvalue weighted by Crippen LogP contribution is -2.47. The van der Waals surface area contributed by atoms with Crippen molar-refractivity contribution in [3.05, 3.63) is 23.3 Å². The normalized spacial score (nSPS) is 25.0. The molecule has 0 bridgehead atoms. The largest absolute Gasteiger partial charge is 0.490 e. The second-order valence-electron chi connectivity index (χ2n) is 6.57. The van der Waals surface area contributed by atoms with Gasteiger partial charge in [-0.1, -0.05) is 12.8 Å². The summed E-state index contributed by atoms with van der Waals surface area (Å²) in [4.78, 5) is 2.46. The zero-order valence-corrected chi connectivity index (χ0v) is 14.4. The Hall–Kier alpha value is -1.26. The van der Waals surface area contributed by atoms with Gasteiger partial charge in [0.05, 0.1) is 19.3 Å². The first-order chi connectivity index (χ1) is 11.2. The SMILES string of the molecule is CCOc1cc2c(cc1OCC)CN(C1CCCCC1O)CC2. The summed E-state index contributed by atoms with van der Waals surface area (Å²) in [6.07, 6.45) is 5.31. The van der Waals surface area contributed by atoms with Gasteiger partial charge >= 0.3 is 0 Å². The summed E-state index contributed by atoms with van der Waals surface area (Å²) < 4.78 is 11.5. The van der Waals surface area contributed by atoms with Crippen molar-refractivity contribution in [2.24, 2.45) is 0 Å². The molecule has 0 aromatic heterocycles. The van der Waals surface area contributed by atoms with Gasteiger partial charge < -0.3 is 14.6 Å². The highest BCUT2D eigenvalue weighted by molar-refractivity contribution is 5.48. The maximum Gasteiger partial charge on any atom is 0.161 e. The van der Waals surface area contributed by atoms with E-state index in [0.29, 0.717) is 19.3 Å². The lowest BCUT2D eigenvalue weighted by Gasteiger charge is -2.40. The third-order valence-corrected chi connectivity index (χ3v) is 5.07. The average molecular weight is 319 g/mol. The summed E-state index contributed by atoms with van der Waals surface area (Å²) in [5.41, 5.74) is 2.68. The topological polar surface area (TPSA) is 41.9 Å². The van der Waals surface area contributed by atoms with Crippen molar-refractivity contribution in [1.82, 2.24) is 4.90 Å². The van der Waals surface area contributed by atoms with E-state index < -0.39 is 0 Å². The Morgan fingerprint density at radius 1 is 1.04 bits per heavy atom. The second-order valence-corrected chi connectivity index (χ2v) is 6.57. The molecule has 128 valence electrons. The highest BCUT2D eigenvalue weighted by atomic mass is 16.5. The molecule has 0 radical (unpaired) electrons. The minimum atomic E-state index is -0.167. The van der Waals surface area contributed by atoms with Crippen LogP contribution in [0.4, 0.5) is 0 Å². The molecule has 3 rings (SSSR count).